The van der Waals surface area contributed by atoms with E-state index in [1.54, 1.807) is 10.8 Å². The minimum atomic E-state index is -0.244. The summed E-state index contributed by atoms with van der Waals surface area (Å²) in [5, 5.41) is 11.5. The zero-order chi connectivity index (χ0) is 13.7. The van der Waals surface area contributed by atoms with Crippen LogP contribution in [0.4, 0.5) is 0 Å². The normalized spacial score (nSPS) is 10.1. The van der Waals surface area contributed by atoms with Gasteiger partial charge in [0.25, 0.3) is 0 Å². The minimum Gasteiger partial charge on any atom is -0.858 e. The molecule has 0 aliphatic carbocycles. The predicted molar refractivity (Wildman–Crippen MR) is 73.1 cm³/mol. The molecule has 4 nitrogen and oxygen atoms in total. The standard InChI is InChI=1S/C14H16N2O2S.Li/c1-2-12-8-16(14(19)15-13(12)17)10-18-9-11-6-4-3-5-7-11;/h3-8H,2,9-10H2,1H3,(H,15,17,19);/q;+1/p-1. The summed E-state index contributed by atoms with van der Waals surface area (Å²) < 4.78 is 7.52. The van der Waals surface area contributed by atoms with E-state index in [-0.39, 0.29) is 29.5 Å². The Balaban J connectivity index is 0.00000200. The van der Waals surface area contributed by atoms with Gasteiger partial charge < -0.3 is 9.84 Å². The molecule has 1 aromatic carbocycles. The molecule has 1 aromatic heterocycles. The van der Waals surface area contributed by atoms with E-state index in [2.05, 4.69) is 4.98 Å². The second-order valence-corrected chi connectivity index (χ2v) is 4.51. The Kier molecular flexibility index (Phi) is 6.97. The molecular formula is C14H15LiN2O2S. The quantitative estimate of drug-likeness (QED) is 0.544. The summed E-state index contributed by atoms with van der Waals surface area (Å²) in [4.78, 5) is 3.81. The fraction of sp³-hybridized carbons (Fsp3) is 0.286. The van der Waals surface area contributed by atoms with Crippen LogP contribution >= 0.6 is 12.2 Å². The van der Waals surface area contributed by atoms with Gasteiger partial charge in [0, 0.05) is 6.20 Å². The fourth-order valence-corrected chi connectivity index (χ4v) is 1.88. The fourth-order valence-electron chi connectivity index (χ4n) is 1.69. The molecule has 0 amide bonds. The zero-order valence-electron chi connectivity index (χ0n) is 11.7. The van der Waals surface area contributed by atoms with Crippen LogP contribution in [-0.4, -0.2) is 9.55 Å². The number of hydrogen-bond acceptors (Lipinski definition) is 4. The van der Waals surface area contributed by atoms with Crippen molar-refractivity contribution in [2.24, 2.45) is 0 Å². The van der Waals surface area contributed by atoms with Gasteiger partial charge in [0.05, 0.1) is 6.61 Å². The van der Waals surface area contributed by atoms with Crippen LogP contribution < -0.4 is 24.0 Å². The van der Waals surface area contributed by atoms with E-state index in [9.17, 15) is 5.11 Å². The van der Waals surface area contributed by atoms with E-state index < -0.39 is 0 Å². The largest absolute Gasteiger partial charge is 1.00 e. The Morgan fingerprint density at radius 3 is 2.65 bits per heavy atom. The van der Waals surface area contributed by atoms with Crippen LogP contribution in [0.25, 0.3) is 0 Å². The number of aryl methyl sites for hydroxylation is 1. The van der Waals surface area contributed by atoms with E-state index in [1.165, 1.54) is 0 Å². The average molecular weight is 282 g/mol. The van der Waals surface area contributed by atoms with Gasteiger partial charge in [0.2, 0.25) is 4.77 Å². The number of benzene rings is 1. The Morgan fingerprint density at radius 1 is 1.30 bits per heavy atom. The molecule has 0 fully saturated rings. The summed E-state index contributed by atoms with van der Waals surface area (Å²) in [5.74, 6) is -0.244. The van der Waals surface area contributed by atoms with Crippen molar-refractivity contribution in [2.75, 3.05) is 0 Å². The van der Waals surface area contributed by atoms with Crippen LogP contribution in [0.2, 0.25) is 0 Å². The van der Waals surface area contributed by atoms with Crippen LogP contribution in [0, 0.1) is 4.77 Å². The number of nitrogens with zero attached hydrogens (tertiary/aromatic N) is 2. The van der Waals surface area contributed by atoms with Crippen LogP contribution in [0.3, 0.4) is 0 Å². The monoisotopic (exact) mass is 282 g/mol. The van der Waals surface area contributed by atoms with Crippen molar-refractivity contribution in [2.45, 2.75) is 26.7 Å². The zero-order valence-corrected chi connectivity index (χ0v) is 12.5. The summed E-state index contributed by atoms with van der Waals surface area (Å²) in [5.41, 5.74) is 1.75. The predicted octanol–water partition coefficient (Wildman–Crippen LogP) is -0.573. The van der Waals surface area contributed by atoms with Gasteiger partial charge in [-0.15, -0.1) is 0 Å². The van der Waals surface area contributed by atoms with E-state index in [0.717, 1.165) is 5.56 Å². The third-order valence-corrected chi connectivity index (χ3v) is 3.08. The van der Waals surface area contributed by atoms with Gasteiger partial charge in [-0.25, -0.2) is 4.98 Å². The molecule has 6 heteroatoms. The molecule has 0 unspecified atom stereocenters. The van der Waals surface area contributed by atoms with Crippen molar-refractivity contribution in [1.29, 1.82) is 0 Å². The molecule has 0 spiro atoms. The summed E-state index contributed by atoms with van der Waals surface area (Å²) in [6, 6.07) is 9.89. The smallest absolute Gasteiger partial charge is 0.858 e. The topological polar surface area (TPSA) is 50.1 Å². The molecule has 0 saturated heterocycles. The number of ether oxygens (including phenoxy) is 1. The SMILES string of the molecule is CCc1cn(COCc2ccccc2)c(=S)nc1[O-].[Li+]. The van der Waals surface area contributed by atoms with Gasteiger partial charge in [-0.1, -0.05) is 37.3 Å². The van der Waals surface area contributed by atoms with Crippen LogP contribution in [0.1, 0.15) is 18.1 Å². The molecule has 0 radical (unpaired) electrons. The van der Waals surface area contributed by atoms with Crippen molar-refractivity contribution in [3.8, 4) is 5.88 Å². The Bertz CT molecular complexity index is 602. The van der Waals surface area contributed by atoms with Gasteiger partial charge in [0.15, 0.2) is 0 Å². The van der Waals surface area contributed by atoms with Gasteiger partial charge in [-0.05, 0) is 35.6 Å². The second-order valence-electron chi connectivity index (χ2n) is 4.14. The van der Waals surface area contributed by atoms with Gasteiger partial charge >= 0.3 is 18.9 Å². The first-order valence-corrected chi connectivity index (χ1v) is 6.50. The molecule has 20 heavy (non-hydrogen) atoms. The van der Waals surface area contributed by atoms with E-state index in [4.69, 9.17) is 17.0 Å². The number of rotatable bonds is 5. The summed E-state index contributed by atoms with van der Waals surface area (Å²) >= 11 is 5.05. The molecular weight excluding hydrogens is 267 g/mol. The first kappa shape index (κ1) is 16.9. The Labute approximate surface area is 135 Å². The first-order valence-electron chi connectivity index (χ1n) is 6.09. The molecule has 0 N–H and O–H groups in total. The third-order valence-electron chi connectivity index (χ3n) is 2.75. The first-order chi connectivity index (χ1) is 9.20. The van der Waals surface area contributed by atoms with Crippen molar-refractivity contribution in [3.63, 3.8) is 0 Å². The maximum Gasteiger partial charge on any atom is 1.00 e. The number of hydrogen-bond donors (Lipinski definition) is 0. The maximum absolute atomic E-state index is 11.5. The molecule has 1 heterocycles. The maximum atomic E-state index is 11.5. The van der Waals surface area contributed by atoms with E-state index >= 15 is 0 Å². The van der Waals surface area contributed by atoms with E-state index in [1.807, 2.05) is 37.3 Å². The molecule has 2 aromatic rings. The Hall–Kier alpha value is -1.12. The van der Waals surface area contributed by atoms with Crippen molar-refractivity contribution < 1.29 is 28.7 Å². The minimum absolute atomic E-state index is 0. The van der Waals surface area contributed by atoms with Gasteiger partial charge in [-0.3, -0.25) is 4.57 Å². The summed E-state index contributed by atoms with van der Waals surface area (Å²) in [7, 11) is 0. The molecule has 0 aliphatic rings. The van der Waals surface area contributed by atoms with Crippen LogP contribution in [-0.2, 0) is 24.5 Å². The molecule has 2 rings (SSSR count). The third kappa shape index (κ3) is 4.46. The van der Waals surface area contributed by atoms with Crippen LogP contribution in [0.15, 0.2) is 36.5 Å². The van der Waals surface area contributed by atoms with Gasteiger partial charge in [-0.2, -0.15) is 0 Å². The van der Waals surface area contributed by atoms with Gasteiger partial charge in [0.1, 0.15) is 6.73 Å². The molecule has 0 aliphatic heterocycles. The number of aromatic nitrogens is 2. The second kappa shape index (κ2) is 8.23. The Morgan fingerprint density at radius 2 is 2.00 bits per heavy atom. The molecule has 100 valence electrons. The molecule has 0 bridgehead atoms. The summed E-state index contributed by atoms with van der Waals surface area (Å²) in [6.07, 6.45) is 2.36. The van der Waals surface area contributed by atoms with Crippen molar-refractivity contribution >= 4 is 12.2 Å². The van der Waals surface area contributed by atoms with Crippen LogP contribution in [0.5, 0.6) is 5.88 Å². The van der Waals surface area contributed by atoms with E-state index in [0.29, 0.717) is 25.3 Å². The van der Waals surface area contributed by atoms with Crippen molar-refractivity contribution in [3.05, 3.63) is 52.4 Å². The van der Waals surface area contributed by atoms with Crippen molar-refractivity contribution in [1.82, 2.24) is 9.55 Å². The molecule has 0 saturated carbocycles. The summed E-state index contributed by atoms with van der Waals surface area (Å²) in [6.45, 7) is 2.72. The average Bonchev–Trinajstić information content (AvgIpc) is 2.42. The molecule has 0 atom stereocenters.